The fraction of sp³-hybridized carbons (Fsp3) is 0.263. The third-order valence-electron chi connectivity index (χ3n) is 5.35. The van der Waals surface area contributed by atoms with Gasteiger partial charge in [0.1, 0.15) is 0 Å². The highest BCUT2D eigenvalue weighted by Crippen LogP contribution is 2.63. The number of allylic oxidation sites excluding steroid dienone is 4. The van der Waals surface area contributed by atoms with Gasteiger partial charge < -0.3 is 4.98 Å². The Morgan fingerprint density at radius 1 is 1.20 bits per heavy atom. The van der Waals surface area contributed by atoms with Crippen molar-refractivity contribution in [3.63, 3.8) is 0 Å². The van der Waals surface area contributed by atoms with Gasteiger partial charge >= 0.3 is 0 Å². The van der Waals surface area contributed by atoms with Crippen molar-refractivity contribution in [2.75, 3.05) is 0 Å². The molecule has 0 bridgehead atoms. The quantitative estimate of drug-likeness (QED) is 0.748. The number of rotatable bonds is 0. The van der Waals surface area contributed by atoms with Crippen LogP contribution in [0.2, 0.25) is 0 Å². The molecular weight excluding hydrogens is 242 g/mol. The molecule has 0 unspecified atom stereocenters. The summed E-state index contributed by atoms with van der Waals surface area (Å²) in [6, 6.07) is 8.66. The topological polar surface area (TPSA) is 15.8 Å². The molecule has 5 rings (SSSR count). The number of aromatic nitrogens is 1. The van der Waals surface area contributed by atoms with Gasteiger partial charge in [0.2, 0.25) is 0 Å². The van der Waals surface area contributed by atoms with Gasteiger partial charge in [-0.3, -0.25) is 0 Å². The lowest BCUT2D eigenvalue weighted by Gasteiger charge is -2.17. The summed E-state index contributed by atoms with van der Waals surface area (Å²) in [5.74, 6) is 0.652. The normalized spacial score (nSPS) is 29.9. The molecular formula is C19H17N. The number of fused-ring (bicyclic) bond motifs is 3. The van der Waals surface area contributed by atoms with Crippen molar-refractivity contribution >= 4 is 22.6 Å². The predicted molar refractivity (Wildman–Crippen MR) is 83.5 cm³/mol. The minimum Gasteiger partial charge on any atom is -0.354 e. The molecule has 3 aliphatic carbocycles. The maximum absolute atomic E-state index is 3.59. The van der Waals surface area contributed by atoms with Crippen LogP contribution < -0.4 is 10.6 Å². The standard InChI is InChI=1S/C19H17N/c1-11-7-8-13-18-12-5-3-4-6-16(12)20-17(18)10-15-14(9-11)19(13,15)2/h3-8,10-11,20H,9H2,1-2H3/t11-,19-/m1/s1. The second kappa shape index (κ2) is 3.17. The summed E-state index contributed by atoms with van der Waals surface area (Å²) in [4.78, 5) is 3.59. The number of H-pyrrole nitrogens is 1. The number of nitrogens with one attached hydrogen (secondary N) is 1. The third kappa shape index (κ3) is 1.07. The first-order chi connectivity index (χ1) is 9.69. The summed E-state index contributed by atoms with van der Waals surface area (Å²) in [5, 5.41) is 4.08. The van der Waals surface area contributed by atoms with Gasteiger partial charge in [-0.1, -0.05) is 42.8 Å². The first-order valence-electron chi connectivity index (χ1n) is 7.45. The van der Waals surface area contributed by atoms with E-state index in [1.165, 1.54) is 33.5 Å². The van der Waals surface area contributed by atoms with Crippen LogP contribution in [0.4, 0.5) is 0 Å². The van der Waals surface area contributed by atoms with Gasteiger partial charge in [0.15, 0.2) is 0 Å². The molecule has 1 heteroatoms. The number of benzene rings is 1. The molecule has 1 aromatic carbocycles. The van der Waals surface area contributed by atoms with Gasteiger partial charge in [-0.05, 0) is 42.6 Å². The minimum absolute atomic E-state index is 0.221. The summed E-state index contributed by atoms with van der Waals surface area (Å²) in [6.45, 7) is 4.72. The average Bonchev–Trinajstić information content (AvgIpc) is 2.89. The van der Waals surface area contributed by atoms with Crippen LogP contribution in [0.15, 0.2) is 47.6 Å². The lowest BCUT2D eigenvalue weighted by Crippen LogP contribution is -2.31. The molecule has 1 heterocycles. The molecule has 98 valence electrons. The molecule has 0 amide bonds. The van der Waals surface area contributed by atoms with E-state index in [1.54, 1.807) is 11.1 Å². The third-order valence-corrected chi connectivity index (χ3v) is 5.35. The molecule has 1 nitrogen and oxygen atoms in total. The smallest absolute Gasteiger partial charge is 0.0471 e. The van der Waals surface area contributed by atoms with E-state index in [4.69, 9.17) is 0 Å². The molecule has 0 fully saturated rings. The van der Waals surface area contributed by atoms with Crippen LogP contribution in [0.5, 0.6) is 0 Å². The van der Waals surface area contributed by atoms with Crippen molar-refractivity contribution in [3.05, 3.63) is 58.1 Å². The Morgan fingerprint density at radius 3 is 2.95 bits per heavy atom. The lowest BCUT2D eigenvalue weighted by molar-refractivity contribution is 0.687. The summed E-state index contributed by atoms with van der Waals surface area (Å²) in [5.41, 5.74) is 6.18. The summed E-state index contributed by atoms with van der Waals surface area (Å²) < 4.78 is 0. The van der Waals surface area contributed by atoms with E-state index in [2.05, 4.69) is 61.3 Å². The molecule has 20 heavy (non-hydrogen) atoms. The van der Waals surface area contributed by atoms with Crippen molar-refractivity contribution < 1.29 is 0 Å². The lowest BCUT2D eigenvalue weighted by atomic mass is 9.85. The summed E-state index contributed by atoms with van der Waals surface area (Å²) in [7, 11) is 0. The van der Waals surface area contributed by atoms with E-state index >= 15 is 0 Å². The Labute approximate surface area is 118 Å². The first-order valence-corrected chi connectivity index (χ1v) is 7.45. The largest absolute Gasteiger partial charge is 0.354 e. The molecule has 3 aliphatic rings. The van der Waals surface area contributed by atoms with Crippen LogP contribution in [-0.2, 0) is 0 Å². The van der Waals surface area contributed by atoms with Gasteiger partial charge in [-0.25, -0.2) is 0 Å². The van der Waals surface area contributed by atoms with Crippen molar-refractivity contribution in [2.24, 2.45) is 11.3 Å². The SMILES string of the molecule is C[C@@H]1C=CC2=c3c([nH]c4ccccc34)=CC3=C(C1)[C@]32C. The number of hydrogen-bond donors (Lipinski definition) is 1. The van der Waals surface area contributed by atoms with Crippen molar-refractivity contribution in [3.8, 4) is 0 Å². The van der Waals surface area contributed by atoms with Gasteiger partial charge in [0, 0.05) is 26.9 Å². The minimum atomic E-state index is 0.221. The molecule has 0 radical (unpaired) electrons. The molecule has 1 N–H and O–H groups in total. The van der Waals surface area contributed by atoms with Crippen LogP contribution in [0.1, 0.15) is 20.3 Å². The number of para-hydroxylation sites is 1. The van der Waals surface area contributed by atoms with E-state index in [-0.39, 0.29) is 5.41 Å². The highest BCUT2D eigenvalue weighted by atomic mass is 14.7. The zero-order chi connectivity index (χ0) is 13.5. The van der Waals surface area contributed by atoms with Gasteiger partial charge in [-0.15, -0.1) is 0 Å². The zero-order valence-electron chi connectivity index (χ0n) is 11.8. The van der Waals surface area contributed by atoms with Crippen LogP contribution in [-0.4, -0.2) is 4.98 Å². The van der Waals surface area contributed by atoms with Crippen molar-refractivity contribution in [2.45, 2.75) is 20.3 Å². The van der Waals surface area contributed by atoms with E-state index in [9.17, 15) is 0 Å². The Balaban J connectivity index is 2.02. The monoisotopic (exact) mass is 259 g/mol. The fourth-order valence-electron chi connectivity index (χ4n) is 4.18. The fourth-order valence-corrected chi connectivity index (χ4v) is 4.18. The highest BCUT2D eigenvalue weighted by Gasteiger charge is 2.52. The van der Waals surface area contributed by atoms with Crippen molar-refractivity contribution in [1.82, 2.24) is 4.98 Å². The Bertz CT molecular complexity index is 951. The maximum atomic E-state index is 3.59. The van der Waals surface area contributed by atoms with E-state index in [1.807, 2.05) is 0 Å². The van der Waals surface area contributed by atoms with Crippen molar-refractivity contribution in [1.29, 1.82) is 0 Å². The maximum Gasteiger partial charge on any atom is 0.0471 e. The summed E-state index contributed by atoms with van der Waals surface area (Å²) >= 11 is 0. The Kier molecular flexibility index (Phi) is 1.70. The first kappa shape index (κ1) is 10.7. The van der Waals surface area contributed by atoms with Gasteiger partial charge in [0.25, 0.3) is 0 Å². The van der Waals surface area contributed by atoms with Crippen LogP contribution >= 0.6 is 0 Å². The number of aromatic amines is 1. The average molecular weight is 259 g/mol. The second-order valence-electron chi connectivity index (χ2n) is 6.58. The molecule has 0 saturated heterocycles. The molecule has 0 spiro atoms. The molecule has 0 saturated carbocycles. The van der Waals surface area contributed by atoms with Gasteiger partial charge in [0.05, 0.1) is 0 Å². The van der Waals surface area contributed by atoms with Crippen LogP contribution in [0.25, 0.3) is 22.6 Å². The Morgan fingerprint density at radius 2 is 2.05 bits per heavy atom. The number of hydrogen-bond acceptors (Lipinski definition) is 0. The van der Waals surface area contributed by atoms with E-state index < -0.39 is 0 Å². The Hall–Kier alpha value is -2.02. The van der Waals surface area contributed by atoms with E-state index in [0.717, 1.165) is 0 Å². The van der Waals surface area contributed by atoms with Crippen LogP contribution in [0.3, 0.4) is 0 Å². The molecule has 2 aromatic rings. The van der Waals surface area contributed by atoms with E-state index in [0.29, 0.717) is 5.92 Å². The van der Waals surface area contributed by atoms with Gasteiger partial charge in [-0.2, -0.15) is 0 Å². The highest BCUT2D eigenvalue weighted by molar-refractivity contribution is 5.94. The molecule has 1 aromatic heterocycles. The molecule has 2 atom stereocenters. The summed E-state index contributed by atoms with van der Waals surface area (Å²) in [6.07, 6.45) is 8.37. The molecule has 0 aliphatic heterocycles. The second-order valence-corrected chi connectivity index (χ2v) is 6.58. The zero-order valence-corrected chi connectivity index (χ0v) is 11.8. The predicted octanol–water partition coefficient (Wildman–Crippen LogP) is 3.03. The van der Waals surface area contributed by atoms with Crippen LogP contribution in [0, 0.1) is 11.3 Å².